The maximum absolute atomic E-state index is 6.92. The lowest BCUT2D eigenvalue weighted by molar-refractivity contribution is 0.360. The summed E-state index contributed by atoms with van der Waals surface area (Å²) in [5.41, 5.74) is 19.9. The first-order chi connectivity index (χ1) is 31.6. The van der Waals surface area contributed by atoms with Crippen molar-refractivity contribution in [2.45, 2.75) is 5.41 Å². The van der Waals surface area contributed by atoms with Gasteiger partial charge in [-0.05, 0) is 92.5 Å². The van der Waals surface area contributed by atoms with Crippen molar-refractivity contribution in [3.63, 3.8) is 0 Å². The van der Waals surface area contributed by atoms with Gasteiger partial charge in [-0.15, -0.1) is 0 Å². The van der Waals surface area contributed by atoms with Crippen molar-refractivity contribution in [2.75, 3.05) is 5.73 Å². The lowest BCUT2D eigenvalue weighted by Crippen LogP contribution is -2.28. The molecular formula is C58H38N4O2. The molecule has 1 aromatic heterocycles. The van der Waals surface area contributed by atoms with E-state index in [1.807, 2.05) is 84.9 Å². The van der Waals surface area contributed by atoms with Crippen LogP contribution >= 0.6 is 0 Å². The van der Waals surface area contributed by atoms with Gasteiger partial charge in [0.2, 0.25) is 0 Å². The largest absolute Gasteiger partial charge is 0.449 e. The Morgan fingerprint density at radius 1 is 0.344 bits per heavy atom. The molecular weight excluding hydrogens is 785 g/mol. The third-order valence-electron chi connectivity index (χ3n) is 12.4. The molecule has 0 bridgehead atoms. The Morgan fingerprint density at radius 3 is 1.48 bits per heavy atom. The SMILES string of the molecule is Nc1cccc(-c2cccc(-c3nc(-c4ccccc4)nc(-c4cccc(-c5ccc6c(c5)Oc5ccc7c(c5O6)-c5ccccc5C7(c5ccccc5)c5ccccc5)c4)n3)c2)c1. The molecule has 2 N–H and O–H groups in total. The second-order valence-electron chi connectivity index (χ2n) is 16.2. The van der Waals surface area contributed by atoms with Crippen LogP contribution in [0.3, 0.4) is 0 Å². The zero-order valence-electron chi connectivity index (χ0n) is 34.5. The average molecular weight is 823 g/mol. The molecule has 302 valence electrons. The highest BCUT2D eigenvalue weighted by molar-refractivity contribution is 5.92. The van der Waals surface area contributed by atoms with E-state index in [0.29, 0.717) is 40.4 Å². The fourth-order valence-corrected chi connectivity index (χ4v) is 9.49. The van der Waals surface area contributed by atoms with Crippen LogP contribution in [-0.2, 0) is 5.41 Å². The summed E-state index contributed by atoms with van der Waals surface area (Å²) in [6.45, 7) is 0. The van der Waals surface area contributed by atoms with Crippen LogP contribution in [0, 0.1) is 0 Å². The fourth-order valence-electron chi connectivity index (χ4n) is 9.49. The molecule has 1 aliphatic carbocycles. The molecule has 0 radical (unpaired) electrons. The molecule has 0 spiro atoms. The number of nitrogens with zero attached hydrogens (tertiary/aromatic N) is 3. The molecule has 0 fully saturated rings. The van der Waals surface area contributed by atoms with Gasteiger partial charge >= 0.3 is 0 Å². The van der Waals surface area contributed by atoms with Crippen LogP contribution < -0.4 is 15.2 Å². The van der Waals surface area contributed by atoms with Gasteiger partial charge in [-0.3, -0.25) is 0 Å². The lowest BCUT2D eigenvalue weighted by atomic mass is 9.68. The van der Waals surface area contributed by atoms with Gasteiger partial charge < -0.3 is 15.2 Å². The maximum atomic E-state index is 6.92. The van der Waals surface area contributed by atoms with Crippen LogP contribution in [0.15, 0.2) is 218 Å². The van der Waals surface area contributed by atoms with Gasteiger partial charge in [0.1, 0.15) is 0 Å². The Hall–Kier alpha value is -8.61. The van der Waals surface area contributed by atoms with E-state index in [1.165, 1.54) is 16.7 Å². The molecule has 6 heteroatoms. The van der Waals surface area contributed by atoms with E-state index in [0.717, 1.165) is 61.4 Å². The third kappa shape index (κ3) is 6.15. The number of nitrogens with two attached hydrogens (primary N) is 1. The van der Waals surface area contributed by atoms with E-state index in [4.69, 9.17) is 30.2 Å². The van der Waals surface area contributed by atoms with Crippen molar-refractivity contribution < 1.29 is 9.47 Å². The normalized spacial score (nSPS) is 12.8. The second kappa shape index (κ2) is 15.1. The van der Waals surface area contributed by atoms with Crippen LogP contribution in [0.25, 0.3) is 67.5 Å². The molecule has 10 aromatic rings. The van der Waals surface area contributed by atoms with Crippen LogP contribution in [-0.4, -0.2) is 15.0 Å². The average Bonchev–Trinajstić information content (AvgIpc) is 3.68. The number of ether oxygens (including phenoxy) is 2. The molecule has 2 heterocycles. The third-order valence-corrected chi connectivity index (χ3v) is 12.4. The van der Waals surface area contributed by atoms with Crippen LogP contribution in [0.1, 0.15) is 22.3 Å². The van der Waals surface area contributed by atoms with E-state index in [1.54, 1.807) is 0 Å². The molecule has 9 aromatic carbocycles. The summed E-state index contributed by atoms with van der Waals surface area (Å²) in [6.07, 6.45) is 0. The Labute approximate surface area is 371 Å². The summed E-state index contributed by atoms with van der Waals surface area (Å²) in [7, 11) is 0. The van der Waals surface area contributed by atoms with E-state index >= 15 is 0 Å². The van der Waals surface area contributed by atoms with Gasteiger partial charge in [-0.25, -0.2) is 15.0 Å². The molecule has 2 aliphatic rings. The molecule has 1 aliphatic heterocycles. The van der Waals surface area contributed by atoms with Gasteiger partial charge in [0.15, 0.2) is 40.5 Å². The summed E-state index contributed by atoms with van der Waals surface area (Å²) in [5.74, 6) is 4.45. The molecule has 0 atom stereocenters. The molecule has 0 saturated heterocycles. The minimum absolute atomic E-state index is 0.537. The number of rotatable bonds is 7. The number of nitrogen functional groups attached to an aromatic ring is 1. The number of fused-ring (bicyclic) bond motifs is 6. The van der Waals surface area contributed by atoms with Crippen LogP contribution in [0.5, 0.6) is 23.0 Å². The van der Waals surface area contributed by atoms with Crippen molar-refractivity contribution in [1.82, 2.24) is 15.0 Å². The first-order valence-electron chi connectivity index (χ1n) is 21.4. The number of benzene rings is 9. The van der Waals surface area contributed by atoms with E-state index in [2.05, 4.69) is 133 Å². The van der Waals surface area contributed by atoms with E-state index in [-0.39, 0.29) is 0 Å². The predicted octanol–water partition coefficient (Wildman–Crippen LogP) is 14.0. The van der Waals surface area contributed by atoms with Crippen molar-refractivity contribution in [3.05, 3.63) is 241 Å². The zero-order chi connectivity index (χ0) is 42.6. The van der Waals surface area contributed by atoms with Crippen LogP contribution in [0.2, 0.25) is 0 Å². The molecule has 64 heavy (non-hydrogen) atoms. The highest BCUT2D eigenvalue weighted by atomic mass is 16.6. The standard InChI is InChI=1S/C58H38N4O2/c59-46-26-14-19-40(35-46)38-17-12-20-42(33-38)56-60-55(37-15-4-1-5-16-37)61-57(62-56)43-21-13-18-39(34-43)41-29-31-50-52(36-41)63-51-32-30-49-53(54(51)64-50)47-27-10-11-28-48(47)58(49,44-22-6-2-7-23-44)45-24-8-3-9-25-45/h1-36H,59H2. The lowest BCUT2D eigenvalue weighted by Gasteiger charge is -2.34. The van der Waals surface area contributed by atoms with Gasteiger partial charge in [0.25, 0.3) is 0 Å². The van der Waals surface area contributed by atoms with Crippen molar-refractivity contribution in [1.29, 1.82) is 0 Å². The van der Waals surface area contributed by atoms with Crippen molar-refractivity contribution in [3.8, 4) is 90.5 Å². The molecule has 0 saturated carbocycles. The molecule has 6 nitrogen and oxygen atoms in total. The van der Waals surface area contributed by atoms with Gasteiger partial charge in [-0.2, -0.15) is 0 Å². The maximum Gasteiger partial charge on any atom is 0.178 e. The zero-order valence-corrected chi connectivity index (χ0v) is 34.5. The molecule has 12 rings (SSSR count). The van der Waals surface area contributed by atoms with Gasteiger partial charge in [0.05, 0.1) is 5.41 Å². The van der Waals surface area contributed by atoms with E-state index < -0.39 is 5.41 Å². The Morgan fingerprint density at radius 2 is 0.844 bits per heavy atom. The topological polar surface area (TPSA) is 83.2 Å². The number of anilines is 1. The highest BCUT2D eigenvalue weighted by Crippen LogP contribution is 2.62. The molecule has 0 unspecified atom stereocenters. The first-order valence-corrected chi connectivity index (χ1v) is 21.4. The Bertz CT molecular complexity index is 3370. The second-order valence-corrected chi connectivity index (χ2v) is 16.2. The highest BCUT2D eigenvalue weighted by Gasteiger charge is 2.48. The number of hydrogen-bond donors (Lipinski definition) is 1. The minimum atomic E-state index is -0.537. The summed E-state index contributed by atoms with van der Waals surface area (Å²) in [6, 6.07) is 75.1. The number of aromatic nitrogens is 3. The Balaban J connectivity index is 0.918. The van der Waals surface area contributed by atoms with Crippen molar-refractivity contribution >= 4 is 5.69 Å². The predicted molar refractivity (Wildman–Crippen MR) is 255 cm³/mol. The van der Waals surface area contributed by atoms with Crippen molar-refractivity contribution in [2.24, 2.45) is 0 Å². The van der Waals surface area contributed by atoms with Crippen LogP contribution in [0.4, 0.5) is 5.69 Å². The summed E-state index contributed by atoms with van der Waals surface area (Å²) < 4.78 is 13.7. The van der Waals surface area contributed by atoms with E-state index in [9.17, 15) is 0 Å². The monoisotopic (exact) mass is 822 g/mol. The summed E-state index contributed by atoms with van der Waals surface area (Å²) in [4.78, 5) is 15.1. The van der Waals surface area contributed by atoms with Gasteiger partial charge in [0, 0.05) is 27.9 Å². The fraction of sp³-hybridized carbons (Fsp3) is 0.0172. The quantitative estimate of drug-likeness (QED) is 0.161. The Kier molecular flexibility index (Phi) is 8.76. The smallest absolute Gasteiger partial charge is 0.178 e. The minimum Gasteiger partial charge on any atom is -0.449 e. The summed E-state index contributed by atoms with van der Waals surface area (Å²) >= 11 is 0. The summed E-state index contributed by atoms with van der Waals surface area (Å²) in [5, 5.41) is 0. The first kappa shape index (κ1) is 37.2. The molecule has 0 amide bonds. The van der Waals surface area contributed by atoms with Gasteiger partial charge in [-0.1, -0.05) is 176 Å². The number of hydrogen-bond acceptors (Lipinski definition) is 6.